The van der Waals surface area contributed by atoms with E-state index in [0.717, 1.165) is 0 Å². The van der Waals surface area contributed by atoms with Gasteiger partial charge in [0.15, 0.2) is 0 Å². The first-order valence-electron chi connectivity index (χ1n) is 3.13. The standard InChI is InChI=1S/C6H12N2O2/c1-3-7-6(10)4-8(2)5-9/h5H,3-4H2,1-2H3,(H,7,10). The summed E-state index contributed by atoms with van der Waals surface area (Å²) in [4.78, 5) is 22.0. The Hall–Kier alpha value is -1.06. The van der Waals surface area contributed by atoms with E-state index in [1.165, 1.54) is 4.90 Å². The molecule has 0 aliphatic heterocycles. The SMILES string of the molecule is CCNC(=O)CN(C)C=O. The lowest BCUT2D eigenvalue weighted by molar-refractivity contribution is -0.127. The summed E-state index contributed by atoms with van der Waals surface area (Å²) in [5, 5.41) is 2.57. The van der Waals surface area contributed by atoms with E-state index in [1.54, 1.807) is 7.05 Å². The van der Waals surface area contributed by atoms with E-state index in [-0.39, 0.29) is 12.5 Å². The van der Waals surface area contributed by atoms with Crippen LogP contribution in [0.5, 0.6) is 0 Å². The molecule has 0 heterocycles. The maximum Gasteiger partial charge on any atom is 0.239 e. The first kappa shape index (κ1) is 8.94. The fourth-order valence-corrected chi connectivity index (χ4v) is 0.517. The second-order valence-corrected chi connectivity index (χ2v) is 1.97. The van der Waals surface area contributed by atoms with Gasteiger partial charge in [-0.2, -0.15) is 0 Å². The highest BCUT2D eigenvalue weighted by Gasteiger charge is 2.00. The number of hydrogen-bond donors (Lipinski definition) is 1. The van der Waals surface area contributed by atoms with Gasteiger partial charge in [0.25, 0.3) is 0 Å². The Kier molecular flexibility index (Phi) is 4.28. The maximum atomic E-state index is 10.7. The van der Waals surface area contributed by atoms with Crippen LogP contribution in [0, 0.1) is 0 Å². The highest BCUT2D eigenvalue weighted by molar-refractivity contribution is 5.79. The van der Waals surface area contributed by atoms with Crippen molar-refractivity contribution in [3.8, 4) is 0 Å². The Morgan fingerprint density at radius 2 is 2.30 bits per heavy atom. The van der Waals surface area contributed by atoms with Crippen molar-refractivity contribution in [1.29, 1.82) is 0 Å². The van der Waals surface area contributed by atoms with Crippen molar-refractivity contribution in [1.82, 2.24) is 10.2 Å². The molecule has 10 heavy (non-hydrogen) atoms. The summed E-state index contributed by atoms with van der Waals surface area (Å²) in [6.45, 7) is 2.57. The minimum atomic E-state index is -0.128. The minimum Gasteiger partial charge on any atom is -0.355 e. The molecule has 0 atom stereocenters. The van der Waals surface area contributed by atoms with Crippen LogP contribution in [0.3, 0.4) is 0 Å². The maximum absolute atomic E-state index is 10.7. The summed E-state index contributed by atoms with van der Waals surface area (Å²) in [6.07, 6.45) is 0.620. The number of carbonyl (C=O) groups is 2. The number of likely N-dealkylation sites (N-methyl/N-ethyl adjacent to an activating group) is 2. The third kappa shape index (κ3) is 3.88. The second-order valence-electron chi connectivity index (χ2n) is 1.97. The Balaban J connectivity index is 3.46. The van der Waals surface area contributed by atoms with Crippen LogP contribution in [0.4, 0.5) is 0 Å². The van der Waals surface area contributed by atoms with Gasteiger partial charge in [-0.25, -0.2) is 0 Å². The van der Waals surface area contributed by atoms with Crippen molar-refractivity contribution in [3.05, 3.63) is 0 Å². The smallest absolute Gasteiger partial charge is 0.239 e. The molecule has 0 aliphatic rings. The lowest BCUT2D eigenvalue weighted by Crippen LogP contribution is -2.34. The molecule has 0 aromatic rings. The van der Waals surface area contributed by atoms with Crippen molar-refractivity contribution in [3.63, 3.8) is 0 Å². The van der Waals surface area contributed by atoms with Crippen LogP contribution in [0.15, 0.2) is 0 Å². The molecule has 0 unspecified atom stereocenters. The molecular formula is C6H12N2O2. The van der Waals surface area contributed by atoms with Gasteiger partial charge in [-0.3, -0.25) is 9.59 Å². The number of rotatable bonds is 4. The van der Waals surface area contributed by atoms with Gasteiger partial charge in [0.05, 0.1) is 6.54 Å². The predicted molar refractivity (Wildman–Crippen MR) is 37.4 cm³/mol. The fourth-order valence-electron chi connectivity index (χ4n) is 0.517. The minimum absolute atomic E-state index is 0.128. The first-order chi connectivity index (χ1) is 4.70. The molecule has 0 saturated heterocycles. The number of nitrogens with zero attached hydrogens (tertiary/aromatic N) is 1. The Bertz CT molecular complexity index is 125. The molecule has 0 bridgehead atoms. The number of nitrogens with one attached hydrogen (secondary N) is 1. The van der Waals surface area contributed by atoms with Gasteiger partial charge < -0.3 is 10.2 Å². The van der Waals surface area contributed by atoms with E-state index < -0.39 is 0 Å². The molecule has 2 amide bonds. The lowest BCUT2D eigenvalue weighted by atomic mass is 10.5. The molecule has 0 aliphatic carbocycles. The summed E-state index contributed by atoms with van der Waals surface area (Å²) < 4.78 is 0. The van der Waals surface area contributed by atoms with E-state index in [0.29, 0.717) is 13.0 Å². The van der Waals surface area contributed by atoms with E-state index >= 15 is 0 Å². The highest BCUT2D eigenvalue weighted by Crippen LogP contribution is 1.73. The van der Waals surface area contributed by atoms with Crippen LogP contribution in [0.1, 0.15) is 6.92 Å². The van der Waals surface area contributed by atoms with Gasteiger partial charge in [0.2, 0.25) is 12.3 Å². The molecule has 0 aromatic heterocycles. The molecule has 1 N–H and O–H groups in total. The van der Waals surface area contributed by atoms with E-state index in [4.69, 9.17) is 0 Å². The van der Waals surface area contributed by atoms with Gasteiger partial charge in [-0.05, 0) is 6.92 Å². The molecule has 58 valence electrons. The summed E-state index contributed by atoms with van der Waals surface area (Å²) in [5.41, 5.74) is 0. The number of amides is 2. The van der Waals surface area contributed by atoms with Gasteiger partial charge in [-0.15, -0.1) is 0 Å². The Labute approximate surface area is 60.2 Å². The van der Waals surface area contributed by atoms with Gasteiger partial charge >= 0.3 is 0 Å². The fraction of sp³-hybridized carbons (Fsp3) is 0.667. The summed E-state index contributed by atoms with van der Waals surface area (Å²) in [6, 6.07) is 0. The molecule has 0 spiro atoms. The van der Waals surface area contributed by atoms with Crippen molar-refractivity contribution < 1.29 is 9.59 Å². The third-order valence-corrected chi connectivity index (χ3v) is 0.947. The Morgan fingerprint density at radius 3 is 2.70 bits per heavy atom. The largest absolute Gasteiger partial charge is 0.355 e. The van der Waals surface area contributed by atoms with Crippen molar-refractivity contribution in [2.45, 2.75) is 6.92 Å². The zero-order valence-corrected chi connectivity index (χ0v) is 6.26. The average Bonchev–Trinajstić information content (AvgIpc) is 1.88. The molecule has 0 saturated carbocycles. The van der Waals surface area contributed by atoms with Crippen LogP contribution in [-0.2, 0) is 9.59 Å². The number of hydrogen-bond acceptors (Lipinski definition) is 2. The summed E-state index contributed by atoms with van der Waals surface area (Å²) in [7, 11) is 1.56. The van der Waals surface area contributed by atoms with Crippen LogP contribution in [-0.4, -0.2) is 37.4 Å². The van der Waals surface area contributed by atoms with Crippen molar-refractivity contribution in [2.24, 2.45) is 0 Å². The first-order valence-corrected chi connectivity index (χ1v) is 3.13. The predicted octanol–water partition coefficient (Wildman–Crippen LogP) is -0.789. The Morgan fingerprint density at radius 1 is 1.70 bits per heavy atom. The van der Waals surface area contributed by atoms with Gasteiger partial charge in [0.1, 0.15) is 0 Å². The quantitative estimate of drug-likeness (QED) is 0.526. The normalized spacial score (nSPS) is 8.60. The molecule has 0 aromatic carbocycles. The van der Waals surface area contributed by atoms with Crippen LogP contribution in [0.2, 0.25) is 0 Å². The lowest BCUT2D eigenvalue weighted by Gasteiger charge is -2.08. The summed E-state index contributed by atoms with van der Waals surface area (Å²) >= 11 is 0. The van der Waals surface area contributed by atoms with Crippen LogP contribution >= 0.6 is 0 Å². The zero-order chi connectivity index (χ0) is 7.98. The second kappa shape index (κ2) is 4.78. The zero-order valence-electron chi connectivity index (χ0n) is 6.26. The summed E-state index contributed by atoms with van der Waals surface area (Å²) in [5.74, 6) is -0.128. The number of carbonyl (C=O) groups excluding carboxylic acids is 2. The molecule has 0 fully saturated rings. The molecular weight excluding hydrogens is 132 g/mol. The highest BCUT2D eigenvalue weighted by atomic mass is 16.2. The monoisotopic (exact) mass is 144 g/mol. The van der Waals surface area contributed by atoms with Gasteiger partial charge in [0, 0.05) is 13.6 Å². The van der Waals surface area contributed by atoms with Crippen LogP contribution < -0.4 is 5.32 Å². The van der Waals surface area contributed by atoms with E-state index in [1.807, 2.05) is 6.92 Å². The van der Waals surface area contributed by atoms with E-state index in [9.17, 15) is 9.59 Å². The van der Waals surface area contributed by atoms with Crippen molar-refractivity contribution in [2.75, 3.05) is 20.1 Å². The molecule has 0 rings (SSSR count). The third-order valence-electron chi connectivity index (χ3n) is 0.947. The van der Waals surface area contributed by atoms with Crippen molar-refractivity contribution >= 4 is 12.3 Å². The average molecular weight is 144 g/mol. The van der Waals surface area contributed by atoms with Crippen LogP contribution in [0.25, 0.3) is 0 Å². The van der Waals surface area contributed by atoms with Gasteiger partial charge in [-0.1, -0.05) is 0 Å². The molecule has 4 nitrogen and oxygen atoms in total. The van der Waals surface area contributed by atoms with E-state index in [2.05, 4.69) is 5.32 Å². The molecule has 0 radical (unpaired) electrons. The topological polar surface area (TPSA) is 49.4 Å². The molecule has 4 heteroatoms.